The summed E-state index contributed by atoms with van der Waals surface area (Å²) in [6.45, 7) is 9.39. The van der Waals surface area contributed by atoms with Gasteiger partial charge in [-0.3, -0.25) is 4.18 Å². The first-order valence-electron chi connectivity index (χ1n) is 5.22. The first-order valence-corrected chi connectivity index (χ1v) is 6.25. The van der Waals surface area contributed by atoms with Gasteiger partial charge in [0.1, 0.15) is 5.60 Å². The molecule has 1 rings (SSSR count). The monoisotopic (exact) mass is 267 g/mol. The second-order valence-electron chi connectivity index (χ2n) is 5.38. The molecule has 0 aliphatic carbocycles. The van der Waals surface area contributed by atoms with Gasteiger partial charge in [-0.1, -0.05) is 0 Å². The van der Waals surface area contributed by atoms with Gasteiger partial charge in [-0.15, -0.1) is 0 Å². The van der Waals surface area contributed by atoms with Gasteiger partial charge in [0, 0.05) is 0 Å². The van der Waals surface area contributed by atoms with Gasteiger partial charge in [-0.2, -0.15) is 4.31 Å². The zero-order valence-electron chi connectivity index (χ0n) is 10.9. The predicted octanol–water partition coefficient (Wildman–Crippen LogP) is 1.18. The molecule has 0 bridgehead atoms. The van der Waals surface area contributed by atoms with Crippen molar-refractivity contribution in [2.45, 2.75) is 52.2 Å². The number of nitrogens with zero attached hydrogens (tertiary/aromatic N) is 1. The Kier molecular flexibility index (Phi) is 5.12. The Morgan fingerprint density at radius 2 is 1.94 bits per heavy atom. The lowest BCUT2D eigenvalue weighted by Gasteiger charge is -2.39. The highest BCUT2D eigenvalue weighted by atomic mass is 32.2. The molecule has 0 saturated carbocycles. The Bertz CT molecular complexity index is 310. The summed E-state index contributed by atoms with van der Waals surface area (Å²) in [6, 6.07) is 0. The molecule has 0 spiro atoms. The second kappa shape index (κ2) is 5.32. The van der Waals surface area contributed by atoms with Crippen molar-refractivity contribution in [3.8, 4) is 0 Å². The van der Waals surface area contributed by atoms with Crippen molar-refractivity contribution in [3.63, 3.8) is 0 Å². The van der Waals surface area contributed by atoms with Crippen molar-refractivity contribution < 1.29 is 23.4 Å². The van der Waals surface area contributed by atoms with Crippen LogP contribution in [0.25, 0.3) is 0 Å². The molecule has 1 amide bonds. The van der Waals surface area contributed by atoms with Crippen LogP contribution in [0.3, 0.4) is 0 Å². The highest BCUT2D eigenvalue weighted by molar-refractivity contribution is 7.78. The first-order chi connectivity index (χ1) is 7.13. The molecule has 17 heavy (non-hydrogen) atoms. The quantitative estimate of drug-likeness (QED) is 0.659. The Labute approximate surface area is 104 Å². The number of hydrogen-bond acceptors (Lipinski definition) is 4. The average Bonchev–Trinajstić information content (AvgIpc) is 1.97. The summed E-state index contributed by atoms with van der Waals surface area (Å²) in [7, 11) is 0. The molecule has 0 aromatic heterocycles. The minimum atomic E-state index is -1.75. The van der Waals surface area contributed by atoms with Gasteiger partial charge in [0.2, 0.25) is 0 Å². The molecule has 1 fully saturated rings. The van der Waals surface area contributed by atoms with Gasteiger partial charge in [0.05, 0.1) is 12.1 Å². The fourth-order valence-electron chi connectivity index (χ4n) is 1.33. The predicted molar refractivity (Wildman–Crippen MR) is 64.5 cm³/mol. The van der Waals surface area contributed by atoms with Crippen LogP contribution in [0, 0.1) is 0 Å². The molecule has 0 aromatic rings. The number of ether oxygens (including phenoxy) is 1. The van der Waals surface area contributed by atoms with Crippen molar-refractivity contribution >= 4 is 17.4 Å². The molecule has 0 aromatic carbocycles. The van der Waals surface area contributed by atoms with Gasteiger partial charge in [-0.05, 0) is 41.0 Å². The van der Waals surface area contributed by atoms with E-state index < -0.39 is 28.5 Å². The number of carbonyl (C=O) groups excluding carboxylic acids is 1. The number of rotatable bonds is 0. The summed E-state index contributed by atoms with van der Waals surface area (Å²) < 4.78 is 23.0. The largest absolute Gasteiger partial charge is 0.443 e. The molecule has 1 saturated heterocycles. The molecule has 0 radical (unpaired) electrons. The zero-order valence-corrected chi connectivity index (χ0v) is 11.7. The molecular formula is C10H21NO5S. The minimum absolute atomic E-state index is 0. The van der Waals surface area contributed by atoms with Crippen LogP contribution < -0.4 is 0 Å². The van der Waals surface area contributed by atoms with Crippen molar-refractivity contribution in [2.24, 2.45) is 0 Å². The first kappa shape index (κ1) is 16.3. The molecule has 1 heterocycles. The standard InChI is InChI=1S/C10H19NO4S.H2O/c1-9(2,3)15-8(12)11-10(4,5)6-7-14-16(11)13;/h6-7H2,1-5H3;1H2. The smallest absolute Gasteiger partial charge is 0.424 e. The number of carbonyl (C=O) groups is 1. The highest BCUT2D eigenvalue weighted by Gasteiger charge is 2.42. The maximum absolute atomic E-state index is 11.9. The molecular weight excluding hydrogens is 246 g/mol. The van der Waals surface area contributed by atoms with Crippen LogP contribution in [-0.2, 0) is 20.2 Å². The molecule has 2 N–H and O–H groups in total. The summed E-state index contributed by atoms with van der Waals surface area (Å²) >= 11 is -1.75. The summed E-state index contributed by atoms with van der Waals surface area (Å²) in [4.78, 5) is 11.9. The minimum Gasteiger partial charge on any atom is -0.443 e. The van der Waals surface area contributed by atoms with Crippen molar-refractivity contribution in [2.75, 3.05) is 6.61 Å². The van der Waals surface area contributed by atoms with E-state index in [-0.39, 0.29) is 5.48 Å². The third-order valence-corrected chi connectivity index (χ3v) is 3.47. The SMILES string of the molecule is CC(C)(C)OC(=O)N1S(=O)OCCC1(C)C.O. The fraction of sp³-hybridized carbons (Fsp3) is 0.900. The van der Waals surface area contributed by atoms with Crippen LogP contribution >= 0.6 is 0 Å². The Hall–Kier alpha value is -0.660. The maximum atomic E-state index is 11.9. The molecule has 1 aliphatic rings. The molecule has 6 nitrogen and oxygen atoms in total. The van der Waals surface area contributed by atoms with Crippen LogP contribution in [0.1, 0.15) is 41.0 Å². The lowest BCUT2D eigenvalue weighted by atomic mass is 10.0. The van der Waals surface area contributed by atoms with Gasteiger partial charge in [0.25, 0.3) is 11.3 Å². The van der Waals surface area contributed by atoms with Crippen LogP contribution in [0.5, 0.6) is 0 Å². The molecule has 1 atom stereocenters. The summed E-state index contributed by atoms with van der Waals surface area (Å²) in [5, 5.41) is 0. The normalized spacial score (nSPS) is 23.8. The van der Waals surface area contributed by atoms with Gasteiger partial charge in [0.15, 0.2) is 0 Å². The Morgan fingerprint density at radius 3 is 2.35 bits per heavy atom. The summed E-state index contributed by atoms with van der Waals surface area (Å²) in [5.74, 6) is 0. The van der Waals surface area contributed by atoms with E-state index >= 15 is 0 Å². The van der Waals surface area contributed by atoms with Gasteiger partial charge >= 0.3 is 6.09 Å². The van der Waals surface area contributed by atoms with Crippen LogP contribution in [-0.4, -0.2) is 37.8 Å². The summed E-state index contributed by atoms with van der Waals surface area (Å²) in [6.07, 6.45) is 0.0355. The molecule has 1 unspecified atom stereocenters. The fourth-order valence-corrected chi connectivity index (χ4v) is 2.32. The van der Waals surface area contributed by atoms with Crippen molar-refractivity contribution in [3.05, 3.63) is 0 Å². The van der Waals surface area contributed by atoms with E-state index in [2.05, 4.69) is 0 Å². The third-order valence-electron chi connectivity index (χ3n) is 2.16. The van der Waals surface area contributed by atoms with E-state index in [0.29, 0.717) is 13.0 Å². The van der Waals surface area contributed by atoms with Crippen LogP contribution in [0.4, 0.5) is 4.79 Å². The van der Waals surface area contributed by atoms with Crippen LogP contribution in [0.2, 0.25) is 0 Å². The van der Waals surface area contributed by atoms with E-state index in [9.17, 15) is 9.00 Å². The molecule has 7 heteroatoms. The second-order valence-corrected chi connectivity index (χ2v) is 6.41. The van der Waals surface area contributed by atoms with Crippen molar-refractivity contribution in [1.82, 2.24) is 4.31 Å². The molecule has 102 valence electrons. The number of amides is 1. The van der Waals surface area contributed by atoms with E-state index in [4.69, 9.17) is 8.92 Å². The Morgan fingerprint density at radius 1 is 1.41 bits per heavy atom. The molecule has 1 aliphatic heterocycles. The third kappa shape index (κ3) is 4.25. The van der Waals surface area contributed by atoms with E-state index in [1.165, 1.54) is 0 Å². The lowest BCUT2D eigenvalue weighted by molar-refractivity contribution is 0.0171. The number of hydrogen-bond donors (Lipinski definition) is 0. The van der Waals surface area contributed by atoms with Gasteiger partial charge < -0.3 is 10.2 Å². The average molecular weight is 267 g/mol. The van der Waals surface area contributed by atoms with Crippen molar-refractivity contribution in [1.29, 1.82) is 0 Å². The highest BCUT2D eigenvalue weighted by Crippen LogP contribution is 2.28. The van der Waals surface area contributed by atoms with Gasteiger partial charge in [-0.25, -0.2) is 9.00 Å². The van der Waals surface area contributed by atoms with E-state index in [0.717, 1.165) is 4.31 Å². The van der Waals surface area contributed by atoms with Crippen LogP contribution in [0.15, 0.2) is 0 Å². The lowest BCUT2D eigenvalue weighted by Crippen LogP contribution is -2.54. The summed E-state index contributed by atoms with van der Waals surface area (Å²) in [5.41, 5.74) is -1.11. The maximum Gasteiger partial charge on any atom is 0.424 e. The van der Waals surface area contributed by atoms with E-state index in [1.54, 1.807) is 20.8 Å². The van der Waals surface area contributed by atoms with E-state index in [1.807, 2.05) is 13.8 Å². The Balaban J connectivity index is 0.00000256. The zero-order chi connectivity index (χ0) is 12.6. The topological polar surface area (TPSA) is 87.3 Å².